The van der Waals surface area contributed by atoms with Gasteiger partial charge >= 0.3 is 0 Å². The van der Waals surface area contributed by atoms with Gasteiger partial charge in [0.1, 0.15) is 11.5 Å². The van der Waals surface area contributed by atoms with E-state index in [9.17, 15) is 4.79 Å². The first-order valence-electron chi connectivity index (χ1n) is 8.59. The van der Waals surface area contributed by atoms with Crippen molar-refractivity contribution in [3.63, 3.8) is 0 Å². The van der Waals surface area contributed by atoms with Crippen molar-refractivity contribution in [3.05, 3.63) is 58.1 Å². The molecule has 2 aromatic rings. The Morgan fingerprint density at radius 2 is 1.69 bits per heavy atom. The Morgan fingerprint density at radius 1 is 1.00 bits per heavy atom. The summed E-state index contributed by atoms with van der Waals surface area (Å²) in [5.74, 6) is 1.50. The third-order valence-corrected chi connectivity index (χ3v) is 5.24. The molecule has 0 unspecified atom stereocenters. The molecule has 0 aromatic heterocycles. The van der Waals surface area contributed by atoms with Crippen LogP contribution in [0.4, 0.5) is 0 Å². The van der Waals surface area contributed by atoms with Crippen LogP contribution in [-0.2, 0) is 6.54 Å². The molecule has 1 amide bonds. The fraction of sp³-hybridized carbons (Fsp3) is 0.350. The van der Waals surface area contributed by atoms with Gasteiger partial charge in [0.25, 0.3) is 5.91 Å². The van der Waals surface area contributed by atoms with Gasteiger partial charge in [-0.3, -0.25) is 9.69 Å². The third-order valence-electron chi connectivity index (χ3n) is 4.62. The van der Waals surface area contributed by atoms with Crippen LogP contribution in [0.5, 0.6) is 11.5 Å². The van der Waals surface area contributed by atoms with Gasteiger partial charge in [-0.05, 0) is 45.8 Å². The van der Waals surface area contributed by atoms with Crippen LogP contribution in [-0.4, -0.2) is 56.1 Å². The Balaban J connectivity index is 1.59. The van der Waals surface area contributed by atoms with E-state index in [1.165, 1.54) is 5.56 Å². The lowest BCUT2D eigenvalue weighted by Gasteiger charge is -2.35. The molecule has 0 atom stereocenters. The summed E-state index contributed by atoms with van der Waals surface area (Å²) in [5, 5.41) is 0. The topological polar surface area (TPSA) is 42.0 Å². The maximum atomic E-state index is 12.8. The zero-order chi connectivity index (χ0) is 18.5. The van der Waals surface area contributed by atoms with Crippen LogP contribution >= 0.6 is 15.9 Å². The van der Waals surface area contributed by atoms with Crippen LogP contribution in [0, 0.1) is 0 Å². The highest BCUT2D eigenvalue weighted by Gasteiger charge is 2.24. The molecule has 26 heavy (non-hydrogen) atoms. The molecular formula is C20H23BrN2O3. The molecule has 0 N–H and O–H groups in total. The van der Waals surface area contributed by atoms with Gasteiger partial charge in [0.2, 0.25) is 0 Å². The Hall–Kier alpha value is -2.05. The highest BCUT2D eigenvalue weighted by molar-refractivity contribution is 9.10. The molecule has 1 fully saturated rings. The molecule has 6 heteroatoms. The Kier molecular flexibility index (Phi) is 6.16. The average molecular weight is 419 g/mol. The van der Waals surface area contributed by atoms with Crippen molar-refractivity contribution in [2.45, 2.75) is 6.54 Å². The van der Waals surface area contributed by atoms with Crippen LogP contribution in [0.1, 0.15) is 15.9 Å². The molecule has 1 aliphatic rings. The lowest BCUT2D eigenvalue weighted by Crippen LogP contribution is -2.48. The lowest BCUT2D eigenvalue weighted by molar-refractivity contribution is 0.0625. The molecule has 0 aliphatic carbocycles. The Morgan fingerprint density at radius 3 is 2.35 bits per heavy atom. The predicted molar refractivity (Wildman–Crippen MR) is 105 cm³/mol. The van der Waals surface area contributed by atoms with Gasteiger partial charge in [-0.25, -0.2) is 0 Å². The molecular weight excluding hydrogens is 396 g/mol. The minimum Gasteiger partial charge on any atom is -0.496 e. The molecule has 3 rings (SSSR count). The standard InChI is InChI=1S/C20H23BrN2O3/c1-25-18-6-4-3-5-16(18)20(24)23-11-9-22(10-12-23)14-15-7-8-19(26-2)17(21)13-15/h3-8,13H,9-12,14H2,1-2H3. The number of carbonyl (C=O) groups is 1. The highest BCUT2D eigenvalue weighted by Crippen LogP contribution is 2.26. The van der Waals surface area contributed by atoms with E-state index in [-0.39, 0.29) is 5.91 Å². The fourth-order valence-electron chi connectivity index (χ4n) is 3.17. The van der Waals surface area contributed by atoms with Gasteiger partial charge in [0.15, 0.2) is 0 Å². The van der Waals surface area contributed by atoms with Gasteiger partial charge in [-0.1, -0.05) is 18.2 Å². The van der Waals surface area contributed by atoms with Gasteiger partial charge < -0.3 is 14.4 Å². The van der Waals surface area contributed by atoms with E-state index in [1.54, 1.807) is 14.2 Å². The summed E-state index contributed by atoms with van der Waals surface area (Å²) in [6.45, 7) is 4.00. The van der Waals surface area contributed by atoms with Crippen LogP contribution in [0.25, 0.3) is 0 Å². The van der Waals surface area contributed by atoms with Crippen molar-refractivity contribution in [1.82, 2.24) is 9.80 Å². The second kappa shape index (κ2) is 8.56. The SMILES string of the molecule is COc1ccc(CN2CCN(C(=O)c3ccccc3OC)CC2)cc1Br. The van der Waals surface area contributed by atoms with E-state index in [0.29, 0.717) is 24.4 Å². The van der Waals surface area contributed by atoms with Gasteiger partial charge in [-0.15, -0.1) is 0 Å². The number of rotatable bonds is 5. The largest absolute Gasteiger partial charge is 0.496 e. The minimum absolute atomic E-state index is 0.0364. The minimum atomic E-state index is 0.0364. The smallest absolute Gasteiger partial charge is 0.257 e. The van der Waals surface area contributed by atoms with E-state index in [4.69, 9.17) is 9.47 Å². The molecule has 0 spiro atoms. The first-order chi connectivity index (χ1) is 12.6. The maximum absolute atomic E-state index is 12.8. The van der Waals surface area contributed by atoms with E-state index >= 15 is 0 Å². The normalized spacial score (nSPS) is 15.0. The van der Waals surface area contributed by atoms with Crippen LogP contribution in [0.2, 0.25) is 0 Å². The van der Waals surface area contributed by atoms with Crippen molar-refractivity contribution < 1.29 is 14.3 Å². The molecule has 2 aromatic carbocycles. The third kappa shape index (κ3) is 4.19. The number of carbonyl (C=O) groups excluding carboxylic acids is 1. The number of amides is 1. The number of halogens is 1. The molecule has 138 valence electrons. The zero-order valence-corrected chi connectivity index (χ0v) is 16.7. The highest BCUT2D eigenvalue weighted by atomic mass is 79.9. The number of hydrogen-bond acceptors (Lipinski definition) is 4. The molecule has 5 nitrogen and oxygen atoms in total. The number of hydrogen-bond donors (Lipinski definition) is 0. The second-order valence-electron chi connectivity index (χ2n) is 6.24. The zero-order valence-electron chi connectivity index (χ0n) is 15.1. The van der Waals surface area contributed by atoms with Crippen molar-refractivity contribution in [2.24, 2.45) is 0 Å². The molecule has 0 bridgehead atoms. The van der Waals surface area contributed by atoms with E-state index in [1.807, 2.05) is 35.2 Å². The van der Waals surface area contributed by atoms with E-state index in [2.05, 4.69) is 33.0 Å². The molecule has 1 aliphatic heterocycles. The van der Waals surface area contributed by atoms with Crippen LogP contribution in [0.15, 0.2) is 46.9 Å². The molecule has 1 saturated heterocycles. The summed E-state index contributed by atoms with van der Waals surface area (Å²) in [4.78, 5) is 17.0. The number of piperazine rings is 1. The summed E-state index contributed by atoms with van der Waals surface area (Å²) in [7, 11) is 3.26. The second-order valence-corrected chi connectivity index (χ2v) is 7.09. The quantitative estimate of drug-likeness (QED) is 0.745. The number of para-hydroxylation sites is 1. The van der Waals surface area contributed by atoms with Crippen LogP contribution < -0.4 is 9.47 Å². The van der Waals surface area contributed by atoms with Gasteiger partial charge in [0, 0.05) is 32.7 Å². The monoisotopic (exact) mass is 418 g/mol. The number of methoxy groups -OCH3 is 2. The van der Waals surface area contributed by atoms with E-state index < -0.39 is 0 Å². The lowest BCUT2D eigenvalue weighted by atomic mass is 10.1. The summed E-state index contributed by atoms with van der Waals surface area (Å²) >= 11 is 3.53. The average Bonchev–Trinajstić information content (AvgIpc) is 2.68. The van der Waals surface area contributed by atoms with Crippen LogP contribution in [0.3, 0.4) is 0 Å². The summed E-state index contributed by atoms with van der Waals surface area (Å²) in [6.07, 6.45) is 0. The molecule has 0 saturated carbocycles. The Bertz CT molecular complexity index is 773. The number of ether oxygens (including phenoxy) is 2. The summed E-state index contributed by atoms with van der Waals surface area (Å²) in [5.41, 5.74) is 1.85. The van der Waals surface area contributed by atoms with Crippen molar-refractivity contribution >= 4 is 21.8 Å². The molecule has 1 heterocycles. The van der Waals surface area contributed by atoms with Crippen molar-refractivity contribution in [1.29, 1.82) is 0 Å². The Labute approximate surface area is 162 Å². The van der Waals surface area contributed by atoms with E-state index in [0.717, 1.165) is 29.9 Å². The van der Waals surface area contributed by atoms with Gasteiger partial charge in [0.05, 0.1) is 24.3 Å². The summed E-state index contributed by atoms with van der Waals surface area (Å²) in [6, 6.07) is 13.5. The van der Waals surface area contributed by atoms with Gasteiger partial charge in [-0.2, -0.15) is 0 Å². The van der Waals surface area contributed by atoms with Crippen molar-refractivity contribution in [3.8, 4) is 11.5 Å². The summed E-state index contributed by atoms with van der Waals surface area (Å²) < 4.78 is 11.6. The predicted octanol–water partition coefficient (Wildman–Crippen LogP) is 3.42. The maximum Gasteiger partial charge on any atom is 0.257 e. The first-order valence-corrected chi connectivity index (χ1v) is 9.38. The number of nitrogens with zero attached hydrogens (tertiary/aromatic N) is 2. The molecule has 0 radical (unpaired) electrons. The number of benzene rings is 2. The van der Waals surface area contributed by atoms with Crippen molar-refractivity contribution in [2.75, 3.05) is 40.4 Å². The fourth-order valence-corrected chi connectivity index (χ4v) is 3.76. The first kappa shape index (κ1) is 18.7.